The Morgan fingerprint density at radius 2 is 1.88 bits per heavy atom. The zero-order valence-corrected chi connectivity index (χ0v) is 19.2. The molecule has 0 radical (unpaired) electrons. The number of halogens is 1. The maximum Gasteiger partial charge on any atom is 0.313 e. The summed E-state index contributed by atoms with van der Waals surface area (Å²) in [6.07, 6.45) is 1.02. The number of hydrogen-bond acceptors (Lipinski definition) is 5. The Balaban J connectivity index is 1.46. The Bertz CT molecular complexity index is 1010. The number of hydrogen-bond donors (Lipinski definition) is 2. The van der Waals surface area contributed by atoms with Crippen LogP contribution in [-0.2, 0) is 20.7 Å². The van der Waals surface area contributed by atoms with Crippen LogP contribution >= 0.6 is 11.6 Å². The normalized spacial score (nSPS) is 17.0. The van der Waals surface area contributed by atoms with E-state index in [1.807, 2.05) is 6.92 Å². The van der Waals surface area contributed by atoms with Crippen LogP contribution in [0, 0.1) is 6.92 Å². The van der Waals surface area contributed by atoms with Crippen LogP contribution in [0.3, 0.4) is 0 Å². The molecule has 2 heterocycles. The standard InChI is InChI=1S/C24H29ClN4O3/c1-16-3-5-19(25)14-20(16)27-24(31)23(30)26-15-22(29-9-11-32-12-10-29)17-4-6-21-18(13-17)7-8-28(21)2/h3-6,13-14,22H,7-12,15H2,1-2H3,(H,26,30)(H,27,31). The molecule has 1 fully saturated rings. The summed E-state index contributed by atoms with van der Waals surface area (Å²) in [4.78, 5) is 29.6. The second-order valence-corrected chi connectivity index (χ2v) is 8.78. The maximum absolute atomic E-state index is 12.6. The third-order valence-electron chi connectivity index (χ3n) is 6.21. The molecule has 8 heteroatoms. The van der Waals surface area contributed by atoms with Crippen LogP contribution in [0.5, 0.6) is 0 Å². The molecule has 170 valence electrons. The molecule has 0 saturated carbocycles. The van der Waals surface area contributed by atoms with Gasteiger partial charge >= 0.3 is 11.8 Å². The first-order valence-electron chi connectivity index (χ1n) is 10.9. The van der Waals surface area contributed by atoms with Gasteiger partial charge in [-0.1, -0.05) is 29.8 Å². The first-order valence-corrected chi connectivity index (χ1v) is 11.3. The topological polar surface area (TPSA) is 73.9 Å². The third kappa shape index (κ3) is 5.06. The fourth-order valence-corrected chi connectivity index (χ4v) is 4.49. The minimum atomic E-state index is -0.702. The van der Waals surface area contributed by atoms with Crippen molar-refractivity contribution in [1.82, 2.24) is 10.2 Å². The lowest BCUT2D eigenvalue weighted by molar-refractivity contribution is -0.136. The van der Waals surface area contributed by atoms with Gasteiger partial charge in [-0.3, -0.25) is 14.5 Å². The van der Waals surface area contributed by atoms with E-state index < -0.39 is 11.8 Å². The van der Waals surface area contributed by atoms with Crippen LogP contribution in [0.2, 0.25) is 5.02 Å². The summed E-state index contributed by atoms with van der Waals surface area (Å²) in [5.74, 6) is -1.37. The fraction of sp³-hybridized carbons (Fsp3) is 0.417. The van der Waals surface area contributed by atoms with Crippen molar-refractivity contribution in [2.24, 2.45) is 0 Å². The van der Waals surface area contributed by atoms with Gasteiger partial charge in [0.25, 0.3) is 0 Å². The number of nitrogens with zero attached hydrogens (tertiary/aromatic N) is 2. The van der Waals surface area contributed by atoms with E-state index in [-0.39, 0.29) is 6.04 Å². The monoisotopic (exact) mass is 456 g/mol. The molecule has 0 aliphatic carbocycles. The quantitative estimate of drug-likeness (QED) is 0.677. The van der Waals surface area contributed by atoms with Crippen molar-refractivity contribution in [3.05, 3.63) is 58.1 Å². The number of rotatable bonds is 5. The van der Waals surface area contributed by atoms with Crippen molar-refractivity contribution in [2.45, 2.75) is 19.4 Å². The summed E-state index contributed by atoms with van der Waals surface area (Å²) < 4.78 is 5.51. The molecular weight excluding hydrogens is 428 g/mol. The van der Waals surface area contributed by atoms with E-state index in [1.165, 1.54) is 11.3 Å². The molecule has 2 N–H and O–H groups in total. The minimum absolute atomic E-state index is 0.0280. The second-order valence-electron chi connectivity index (χ2n) is 8.35. The molecule has 2 aliphatic rings. The summed E-state index contributed by atoms with van der Waals surface area (Å²) >= 11 is 6.02. The first kappa shape index (κ1) is 22.6. The lowest BCUT2D eigenvalue weighted by Crippen LogP contribution is -2.45. The van der Waals surface area contributed by atoms with Gasteiger partial charge in [0.05, 0.1) is 19.3 Å². The maximum atomic E-state index is 12.6. The largest absolute Gasteiger partial charge is 0.379 e. The summed E-state index contributed by atoms with van der Waals surface area (Å²) in [6, 6.07) is 11.7. The Labute approximate surface area is 193 Å². The third-order valence-corrected chi connectivity index (χ3v) is 6.45. The predicted molar refractivity (Wildman–Crippen MR) is 126 cm³/mol. The molecule has 4 rings (SSSR count). The van der Waals surface area contributed by atoms with E-state index in [9.17, 15) is 9.59 Å². The predicted octanol–water partition coefficient (Wildman–Crippen LogP) is 2.77. The lowest BCUT2D eigenvalue weighted by atomic mass is 10.0. The molecular formula is C24H29ClN4O3. The molecule has 1 unspecified atom stereocenters. The fourth-order valence-electron chi connectivity index (χ4n) is 4.32. The summed E-state index contributed by atoms with van der Waals surface area (Å²) in [7, 11) is 2.10. The number of anilines is 2. The highest BCUT2D eigenvalue weighted by molar-refractivity contribution is 6.40. The van der Waals surface area contributed by atoms with Gasteiger partial charge in [-0.05, 0) is 48.2 Å². The van der Waals surface area contributed by atoms with E-state index in [0.29, 0.717) is 30.5 Å². The molecule has 7 nitrogen and oxygen atoms in total. The van der Waals surface area contributed by atoms with Gasteiger partial charge in [-0.2, -0.15) is 0 Å². The molecule has 0 bridgehead atoms. The molecule has 32 heavy (non-hydrogen) atoms. The van der Waals surface area contributed by atoms with Gasteiger partial charge in [-0.25, -0.2) is 0 Å². The molecule has 2 aliphatic heterocycles. The number of morpholine rings is 1. The van der Waals surface area contributed by atoms with Gasteiger partial charge in [-0.15, -0.1) is 0 Å². The van der Waals surface area contributed by atoms with Crippen molar-refractivity contribution < 1.29 is 14.3 Å². The van der Waals surface area contributed by atoms with E-state index >= 15 is 0 Å². The molecule has 0 aromatic heterocycles. The lowest BCUT2D eigenvalue weighted by Gasteiger charge is -2.35. The van der Waals surface area contributed by atoms with Crippen LogP contribution < -0.4 is 15.5 Å². The number of fused-ring (bicyclic) bond motifs is 1. The molecule has 0 spiro atoms. The zero-order valence-electron chi connectivity index (χ0n) is 18.5. The Kier molecular flexibility index (Phi) is 6.98. The first-order chi connectivity index (χ1) is 15.4. The highest BCUT2D eigenvalue weighted by Crippen LogP contribution is 2.31. The van der Waals surface area contributed by atoms with Crippen molar-refractivity contribution in [3.8, 4) is 0 Å². The molecule has 2 aromatic carbocycles. The summed E-state index contributed by atoms with van der Waals surface area (Å²) in [5.41, 5.74) is 5.10. The van der Waals surface area contributed by atoms with Crippen LogP contribution in [0.15, 0.2) is 36.4 Å². The van der Waals surface area contributed by atoms with Crippen LogP contribution in [0.1, 0.15) is 22.7 Å². The van der Waals surface area contributed by atoms with Gasteiger partial charge in [0.2, 0.25) is 0 Å². The zero-order chi connectivity index (χ0) is 22.7. The number of ether oxygens (including phenoxy) is 1. The average molecular weight is 457 g/mol. The van der Waals surface area contributed by atoms with Gasteiger partial charge in [0, 0.05) is 49.6 Å². The Morgan fingerprint density at radius 3 is 2.66 bits per heavy atom. The van der Waals surface area contributed by atoms with Gasteiger partial charge in [0.15, 0.2) is 0 Å². The number of carbonyl (C=O) groups is 2. The van der Waals surface area contributed by atoms with Gasteiger partial charge in [0.1, 0.15) is 0 Å². The van der Waals surface area contributed by atoms with Crippen LogP contribution in [-0.4, -0.2) is 63.2 Å². The number of benzene rings is 2. The smallest absolute Gasteiger partial charge is 0.313 e. The van der Waals surface area contributed by atoms with Crippen LogP contribution in [0.25, 0.3) is 0 Å². The highest BCUT2D eigenvalue weighted by atomic mass is 35.5. The van der Waals surface area contributed by atoms with E-state index in [2.05, 4.69) is 45.7 Å². The van der Waals surface area contributed by atoms with Crippen molar-refractivity contribution in [1.29, 1.82) is 0 Å². The van der Waals surface area contributed by atoms with E-state index in [0.717, 1.165) is 37.2 Å². The minimum Gasteiger partial charge on any atom is -0.379 e. The van der Waals surface area contributed by atoms with E-state index in [4.69, 9.17) is 16.3 Å². The second kappa shape index (κ2) is 9.90. The summed E-state index contributed by atoms with van der Waals surface area (Å²) in [5, 5.41) is 5.99. The highest BCUT2D eigenvalue weighted by Gasteiger charge is 2.26. The molecule has 2 amide bonds. The van der Waals surface area contributed by atoms with Gasteiger partial charge < -0.3 is 20.3 Å². The van der Waals surface area contributed by atoms with Crippen molar-refractivity contribution >= 4 is 34.8 Å². The average Bonchev–Trinajstić information content (AvgIpc) is 3.17. The summed E-state index contributed by atoms with van der Waals surface area (Å²) in [6.45, 7) is 6.09. The number of carbonyl (C=O) groups excluding carboxylic acids is 2. The van der Waals surface area contributed by atoms with Crippen LogP contribution in [0.4, 0.5) is 11.4 Å². The number of likely N-dealkylation sites (N-methyl/N-ethyl adjacent to an activating group) is 1. The number of amides is 2. The van der Waals surface area contributed by atoms with E-state index in [1.54, 1.807) is 18.2 Å². The Hall–Kier alpha value is -2.61. The SMILES string of the molecule is Cc1ccc(Cl)cc1NC(=O)C(=O)NCC(c1ccc2c(c1)CCN2C)N1CCOCC1. The molecule has 1 saturated heterocycles. The number of aryl methyl sites for hydroxylation is 1. The van der Waals surface area contributed by atoms with Crippen molar-refractivity contribution in [2.75, 3.05) is 56.7 Å². The Morgan fingerprint density at radius 1 is 1.09 bits per heavy atom. The number of nitrogens with one attached hydrogen (secondary N) is 2. The van der Waals surface area contributed by atoms with Crippen molar-refractivity contribution in [3.63, 3.8) is 0 Å². The molecule has 1 atom stereocenters. The molecule has 2 aromatic rings.